The Morgan fingerprint density at radius 2 is 2.29 bits per heavy atom. The SMILES string of the molecule is CCN(CC(=O)OC)c1cccc(F)c1C#N. The Morgan fingerprint density at radius 3 is 2.82 bits per heavy atom. The van der Waals surface area contributed by atoms with Crippen LogP contribution in [0.3, 0.4) is 0 Å². The molecule has 1 aromatic carbocycles. The molecule has 0 atom stereocenters. The number of ether oxygens (including phenoxy) is 1. The number of likely N-dealkylation sites (N-methyl/N-ethyl adjacent to an activating group) is 1. The number of nitrogens with zero attached hydrogens (tertiary/aromatic N) is 2. The summed E-state index contributed by atoms with van der Waals surface area (Å²) < 4.78 is 18.0. The number of hydrogen-bond donors (Lipinski definition) is 0. The van der Waals surface area contributed by atoms with Gasteiger partial charge in [0.2, 0.25) is 0 Å². The highest BCUT2D eigenvalue weighted by molar-refractivity contribution is 5.76. The topological polar surface area (TPSA) is 53.3 Å². The number of rotatable bonds is 4. The predicted octanol–water partition coefficient (Wildman–Crippen LogP) is 1.70. The molecule has 0 amide bonds. The van der Waals surface area contributed by atoms with Crippen molar-refractivity contribution < 1.29 is 13.9 Å². The highest BCUT2D eigenvalue weighted by Crippen LogP contribution is 2.22. The van der Waals surface area contributed by atoms with E-state index in [4.69, 9.17) is 5.26 Å². The molecule has 0 bridgehead atoms. The van der Waals surface area contributed by atoms with Gasteiger partial charge in [-0.25, -0.2) is 4.39 Å². The van der Waals surface area contributed by atoms with Gasteiger partial charge in [-0.2, -0.15) is 5.26 Å². The molecule has 0 heterocycles. The quantitative estimate of drug-likeness (QED) is 0.746. The molecule has 0 saturated carbocycles. The molecule has 0 unspecified atom stereocenters. The van der Waals surface area contributed by atoms with Gasteiger partial charge in [0.15, 0.2) is 0 Å². The molecular formula is C12H13FN2O2. The number of hydrogen-bond acceptors (Lipinski definition) is 4. The predicted molar refractivity (Wildman–Crippen MR) is 61.0 cm³/mol. The first-order chi connectivity index (χ1) is 8.13. The maximum absolute atomic E-state index is 13.4. The van der Waals surface area contributed by atoms with Gasteiger partial charge in [-0.05, 0) is 19.1 Å². The fourth-order valence-corrected chi connectivity index (χ4v) is 1.47. The van der Waals surface area contributed by atoms with Gasteiger partial charge in [-0.1, -0.05) is 6.07 Å². The summed E-state index contributed by atoms with van der Waals surface area (Å²) in [5, 5.41) is 8.90. The lowest BCUT2D eigenvalue weighted by molar-refractivity contribution is -0.138. The van der Waals surface area contributed by atoms with E-state index in [9.17, 15) is 9.18 Å². The molecule has 1 aromatic rings. The van der Waals surface area contributed by atoms with E-state index in [0.29, 0.717) is 12.2 Å². The standard InChI is InChI=1S/C12H13FN2O2/c1-3-15(8-12(16)17-2)11-6-4-5-10(13)9(11)7-14/h4-6H,3,8H2,1-2H3. The van der Waals surface area contributed by atoms with Gasteiger partial charge < -0.3 is 9.64 Å². The van der Waals surface area contributed by atoms with Gasteiger partial charge in [0.1, 0.15) is 24.0 Å². The van der Waals surface area contributed by atoms with Crippen molar-refractivity contribution in [1.29, 1.82) is 5.26 Å². The first kappa shape index (κ1) is 13.0. The van der Waals surface area contributed by atoms with Crippen molar-refractivity contribution in [2.45, 2.75) is 6.92 Å². The van der Waals surface area contributed by atoms with E-state index < -0.39 is 11.8 Å². The number of benzene rings is 1. The van der Waals surface area contributed by atoms with Gasteiger partial charge in [0.05, 0.1) is 12.8 Å². The average Bonchev–Trinajstić information content (AvgIpc) is 2.35. The van der Waals surface area contributed by atoms with Crippen LogP contribution in [0.2, 0.25) is 0 Å². The van der Waals surface area contributed by atoms with Crippen molar-refractivity contribution in [2.24, 2.45) is 0 Å². The summed E-state index contributed by atoms with van der Waals surface area (Å²) in [7, 11) is 1.28. The Hall–Kier alpha value is -2.09. The van der Waals surface area contributed by atoms with Crippen LogP contribution in [0, 0.1) is 17.1 Å². The summed E-state index contributed by atoms with van der Waals surface area (Å²) in [6.07, 6.45) is 0. The van der Waals surface area contributed by atoms with Crippen LogP contribution in [0.4, 0.5) is 10.1 Å². The molecule has 0 aliphatic heterocycles. The van der Waals surface area contributed by atoms with E-state index in [1.807, 2.05) is 6.92 Å². The van der Waals surface area contributed by atoms with Crippen LogP contribution in [0.25, 0.3) is 0 Å². The molecule has 0 aliphatic carbocycles. The van der Waals surface area contributed by atoms with Crippen LogP contribution < -0.4 is 4.90 Å². The minimum atomic E-state index is -0.590. The van der Waals surface area contributed by atoms with Gasteiger partial charge in [-0.15, -0.1) is 0 Å². The molecule has 5 heteroatoms. The van der Waals surface area contributed by atoms with Crippen LogP contribution in [0.1, 0.15) is 12.5 Å². The molecule has 0 N–H and O–H groups in total. The van der Waals surface area contributed by atoms with E-state index >= 15 is 0 Å². The van der Waals surface area contributed by atoms with Crippen molar-refractivity contribution >= 4 is 11.7 Å². The normalized spacial score (nSPS) is 9.53. The first-order valence-electron chi connectivity index (χ1n) is 5.14. The van der Waals surface area contributed by atoms with Crippen molar-refractivity contribution in [2.75, 3.05) is 25.1 Å². The van der Waals surface area contributed by atoms with Gasteiger partial charge in [0.25, 0.3) is 0 Å². The molecule has 0 fully saturated rings. The molecule has 0 radical (unpaired) electrons. The smallest absolute Gasteiger partial charge is 0.325 e. The minimum Gasteiger partial charge on any atom is -0.468 e. The number of methoxy groups -OCH3 is 1. The van der Waals surface area contributed by atoms with Crippen LogP contribution in [0.5, 0.6) is 0 Å². The Labute approximate surface area is 99.2 Å². The summed E-state index contributed by atoms with van der Waals surface area (Å²) >= 11 is 0. The lowest BCUT2D eigenvalue weighted by Gasteiger charge is -2.22. The highest BCUT2D eigenvalue weighted by atomic mass is 19.1. The number of halogens is 1. The molecule has 0 aliphatic rings. The van der Waals surface area contributed by atoms with Gasteiger partial charge >= 0.3 is 5.97 Å². The molecule has 4 nitrogen and oxygen atoms in total. The average molecular weight is 236 g/mol. The molecular weight excluding hydrogens is 223 g/mol. The van der Waals surface area contributed by atoms with Crippen LogP contribution in [-0.4, -0.2) is 26.2 Å². The number of esters is 1. The van der Waals surface area contributed by atoms with Crippen LogP contribution in [-0.2, 0) is 9.53 Å². The number of anilines is 1. The van der Waals surface area contributed by atoms with E-state index in [0.717, 1.165) is 0 Å². The van der Waals surface area contributed by atoms with E-state index in [1.165, 1.54) is 19.2 Å². The molecule has 0 aromatic heterocycles. The summed E-state index contributed by atoms with van der Waals surface area (Å²) in [6, 6.07) is 6.13. The maximum atomic E-state index is 13.4. The van der Waals surface area contributed by atoms with Crippen LogP contribution >= 0.6 is 0 Å². The summed E-state index contributed by atoms with van der Waals surface area (Å²) in [5.41, 5.74) is 0.346. The zero-order valence-electron chi connectivity index (χ0n) is 9.74. The summed E-state index contributed by atoms with van der Waals surface area (Å²) in [4.78, 5) is 12.8. The zero-order chi connectivity index (χ0) is 12.8. The van der Waals surface area contributed by atoms with Gasteiger partial charge in [-0.3, -0.25) is 4.79 Å². The maximum Gasteiger partial charge on any atom is 0.325 e. The second-order valence-electron chi connectivity index (χ2n) is 3.34. The second kappa shape index (κ2) is 5.85. The van der Waals surface area contributed by atoms with Gasteiger partial charge in [0, 0.05) is 6.54 Å². The zero-order valence-corrected chi connectivity index (χ0v) is 9.74. The third-order valence-electron chi connectivity index (χ3n) is 2.37. The first-order valence-corrected chi connectivity index (χ1v) is 5.14. The number of carbonyl (C=O) groups is 1. The molecule has 0 saturated heterocycles. The monoisotopic (exact) mass is 236 g/mol. The molecule has 17 heavy (non-hydrogen) atoms. The fourth-order valence-electron chi connectivity index (χ4n) is 1.47. The van der Waals surface area contributed by atoms with Crippen molar-refractivity contribution in [1.82, 2.24) is 0 Å². The van der Waals surface area contributed by atoms with Crippen molar-refractivity contribution in [3.05, 3.63) is 29.6 Å². The van der Waals surface area contributed by atoms with E-state index in [1.54, 1.807) is 17.0 Å². The molecule has 1 rings (SSSR count). The Morgan fingerprint density at radius 1 is 1.59 bits per heavy atom. The highest BCUT2D eigenvalue weighted by Gasteiger charge is 2.16. The summed E-state index contributed by atoms with van der Waals surface area (Å²) in [5.74, 6) is -1.02. The molecule has 0 spiro atoms. The Bertz CT molecular complexity index is 454. The number of nitriles is 1. The van der Waals surface area contributed by atoms with Crippen molar-refractivity contribution in [3.8, 4) is 6.07 Å². The molecule has 90 valence electrons. The largest absolute Gasteiger partial charge is 0.468 e. The van der Waals surface area contributed by atoms with E-state index in [-0.39, 0.29) is 12.1 Å². The Balaban J connectivity index is 3.08. The van der Waals surface area contributed by atoms with Crippen molar-refractivity contribution in [3.63, 3.8) is 0 Å². The summed E-state index contributed by atoms with van der Waals surface area (Å²) in [6.45, 7) is 2.29. The minimum absolute atomic E-state index is 0.00880. The fraction of sp³-hybridized carbons (Fsp3) is 0.333. The lowest BCUT2D eigenvalue weighted by Crippen LogP contribution is -2.31. The Kier molecular flexibility index (Phi) is 4.46. The second-order valence-corrected chi connectivity index (χ2v) is 3.34. The third-order valence-corrected chi connectivity index (χ3v) is 2.37. The van der Waals surface area contributed by atoms with Crippen LogP contribution in [0.15, 0.2) is 18.2 Å². The lowest BCUT2D eigenvalue weighted by atomic mass is 10.1. The third kappa shape index (κ3) is 2.94. The number of carbonyl (C=O) groups excluding carboxylic acids is 1. The van der Waals surface area contributed by atoms with E-state index in [2.05, 4.69) is 4.74 Å².